The molecule has 0 amide bonds. The number of fused-ring (bicyclic) bond motifs is 10. The lowest BCUT2D eigenvalue weighted by molar-refractivity contribution is 0.793. The fourth-order valence-corrected chi connectivity index (χ4v) is 7.08. The molecule has 2 aliphatic carbocycles. The third-order valence-corrected chi connectivity index (χ3v) is 8.66. The molecule has 8 rings (SSSR count). The molecule has 0 atom stereocenters. The number of nitriles is 1. The quantitative estimate of drug-likeness (QED) is 0.224. The monoisotopic (exact) mass is 528 g/mol. The summed E-state index contributed by atoms with van der Waals surface area (Å²) >= 11 is 6.68. The Morgan fingerprint density at radius 1 is 0.550 bits per heavy atom. The summed E-state index contributed by atoms with van der Waals surface area (Å²) in [6, 6.07) is 42.9. The number of benzene rings is 5. The first-order valence-corrected chi connectivity index (χ1v) is 13.7. The molecule has 0 unspecified atom stereocenters. The number of hydrogen-bond acceptors (Lipinski definition) is 2. The number of halogens is 1. The van der Waals surface area contributed by atoms with E-state index in [0.29, 0.717) is 10.6 Å². The van der Waals surface area contributed by atoms with Gasteiger partial charge in [0.2, 0.25) is 0 Å². The second-order valence-corrected chi connectivity index (χ2v) is 10.9. The van der Waals surface area contributed by atoms with Crippen LogP contribution in [0, 0.1) is 11.3 Å². The first-order chi connectivity index (χ1) is 19.7. The minimum Gasteiger partial charge on any atom is -0.264 e. The smallest absolute Gasteiger partial charge is 0.0991 e. The van der Waals surface area contributed by atoms with Crippen molar-refractivity contribution in [3.05, 3.63) is 160 Å². The summed E-state index contributed by atoms with van der Waals surface area (Å²) in [4.78, 5) is 4.30. The van der Waals surface area contributed by atoms with E-state index in [-0.39, 0.29) is 0 Å². The van der Waals surface area contributed by atoms with Gasteiger partial charge in [-0.15, -0.1) is 0 Å². The Hall–Kier alpha value is -4.97. The van der Waals surface area contributed by atoms with Gasteiger partial charge in [0.25, 0.3) is 0 Å². The summed E-state index contributed by atoms with van der Waals surface area (Å²) in [6.45, 7) is 0. The van der Waals surface area contributed by atoms with Gasteiger partial charge in [-0.2, -0.15) is 5.26 Å². The minimum atomic E-state index is -0.508. The van der Waals surface area contributed by atoms with Gasteiger partial charge in [-0.05, 0) is 104 Å². The van der Waals surface area contributed by atoms with Crippen LogP contribution >= 0.6 is 11.6 Å². The molecule has 0 radical (unpaired) electrons. The molecule has 186 valence electrons. The van der Waals surface area contributed by atoms with E-state index in [2.05, 4.69) is 102 Å². The number of aromatic nitrogens is 1. The predicted octanol–water partition coefficient (Wildman–Crippen LogP) is 9.28. The van der Waals surface area contributed by atoms with Crippen molar-refractivity contribution >= 4 is 11.6 Å². The topological polar surface area (TPSA) is 36.7 Å². The van der Waals surface area contributed by atoms with Crippen LogP contribution in [0.1, 0.15) is 27.8 Å². The third kappa shape index (κ3) is 3.07. The molecule has 1 spiro atoms. The molecule has 40 heavy (non-hydrogen) atoms. The van der Waals surface area contributed by atoms with E-state index < -0.39 is 5.41 Å². The van der Waals surface area contributed by atoms with E-state index in [0.717, 1.165) is 22.3 Å². The average molecular weight is 529 g/mol. The zero-order valence-electron chi connectivity index (χ0n) is 21.4. The summed E-state index contributed by atoms with van der Waals surface area (Å²) in [5.74, 6) is 0. The standard InChI is InChI=1S/C37H21ClN2/c38-28-18-26(17-27(19-28)25-6-5-15-40-22-25)24-12-14-32-31-13-11-23(21-39)16-35(31)37(36(32)20-24)33-9-3-1-7-29(33)30-8-2-4-10-34(30)37/h1-20,22H. The van der Waals surface area contributed by atoms with E-state index in [1.807, 2.05) is 30.5 Å². The van der Waals surface area contributed by atoms with Crippen molar-refractivity contribution in [3.8, 4) is 50.6 Å². The van der Waals surface area contributed by atoms with Gasteiger partial charge in [0.1, 0.15) is 0 Å². The highest BCUT2D eigenvalue weighted by atomic mass is 35.5. The van der Waals surface area contributed by atoms with E-state index in [1.165, 1.54) is 44.5 Å². The molecular formula is C37H21ClN2. The zero-order valence-corrected chi connectivity index (χ0v) is 22.2. The van der Waals surface area contributed by atoms with Gasteiger partial charge in [-0.25, -0.2) is 0 Å². The minimum absolute atomic E-state index is 0.508. The lowest BCUT2D eigenvalue weighted by Gasteiger charge is -2.30. The van der Waals surface area contributed by atoms with Crippen LogP contribution in [0.3, 0.4) is 0 Å². The van der Waals surface area contributed by atoms with Crippen LogP contribution in [-0.4, -0.2) is 4.98 Å². The van der Waals surface area contributed by atoms with Gasteiger partial charge in [0.05, 0.1) is 17.0 Å². The summed E-state index contributed by atoms with van der Waals surface area (Å²) in [5.41, 5.74) is 14.1. The SMILES string of the molecule is N#Cc1ccc2c(c1)C1(c3ccccc3-c3ccccc31)c1cc(-c3cc(Cl)cc(-c4cccnc4)c3)ccc1-2. The Bertz CT molecular complexity index is 1990. The van der Waals surface area contributed by atoms with E-state index in [4.69, 9.17) is 11.6 Å². The Morgan fingerprint density at radius 2 is 1.18 bits per heavy atom. The van der Waals surface area contributed by atoms with Gasteiger partial charge in [-0.1, -0.05) is 84.4 Å². The van der Waals surface area contributed by atoms with Crippen molar-refractivity contribution in [2.45, 2.75) is 5.41 Å². The lowest BCUT2D eigenvalue weighted by Crippen LogP contribution is -2.26. The highest BCUT2D eigenvalue weighted by Gasteiger charge is 2.51. The Balaban J connectivity index is 1.43. The fraction of sp³-hybridized carbons (Fsp3) is 0.0270. The van der Waals surface area contributed by atoms with Crippen LogP contribution < -0.4 is 0 Å². The second kappa shape index (κ2) is 8.52. The molecule has 5 aromatic carbocycles. The van der Waals surface area contributed by atoms with Crippen LogP contribution in [0.5, 0.6) is 0 Å². The maximum Gasteiger partial charge on any atom is 0.0991 e. The highest BCUT2D eigenvalue weighted by molar-refractivity contribution is 6.31. The first-order valence-electron chi connectivity index (χ1n) is 13.3. The Labute approximate surface area is 237 Å². The van der Waals surface area contributed by atoms with Gasteiger partial charge in [0, 0.05) is 23.0 Å². The summed E-state index contributed by atoms with van der Waals surface area (Å²) < 4.78 is 0. The van der Waals surface area contributed by atoms with Crippen LogP contribution in [0.15, 0.2) is 128 Å². The van der Waals surface area contributed by atoms with Crippen LogP contribution in [-0.2, 0) is 5.41 Å². The van der Waals surface area contributed by atoms with E-state index in [1.54, 1.807) is 6.20 Å². The molecule has 1 heterocycles. The molecule has 0 saturated heterocycles. The molecule has 0 N–H and O–H groups in total. The van der Waals surface area contributed by atoms with E-state index >= 15 is 0 Å². The Morgan fingerprint density at radius 3 is 1.85 bits per heavy atom. The van der Waals surface area contributed by atoms with Gasteiger partial charge < -0.3 is 0 Å². The molecular weight excluding hydrogens is 508 g/mol. The highest BCUT2D eigenvalue weighted by Crippen LogP contribution is 2.63. The van der Waals surface area contributed by atoms with Crippen molar-refractivity contribution in [3.63, 3.8) is 0 Å². The Kier molecular flexibility index (Phi) is 4.89. The van der Waals surface area contributed by atoms with Gasteiger partial charge >= 0.3 is 0 Å². The van der Waals surface area contributed by atoms with Crippen LogP contribution in [0.25, 0.3) is 44.5 Å². The van der Waals surface area contributed by atoms with Crippen molar-refractivity contribution < 1.29 is 0 Å². The van der Waals surface area contributed by atoms with Gasteiger partial charge in [-0.3, -0.25) is 4.98 Å². The van der Waals surface area contributed by atoms with Crippen LogP contribution in [0.2, 0.25) is 5.02 Å². The van der Waals surface area contributed by atoms with Gasteiger partial charge in [0.15, 0.2) is 0 Å². The van der Waals surface area contributed by atoms with Crippen molar-refractivity contribution in [1.82, 2.24) is 4.98 Å². The van der Waals surface area contributed by atoms with Crippen molar-refractivity contribution in [1.29, 1.82) is 5.26 Å². The summed E-state index contributed by atoms with van der Waals surface area (Å²) in [7, 11) is 0. The molecule has 0 fully saturated rings. The largest absolute Gasteiger partial charge is 0.264 e. The number of hydrogen-bond donors (Lipinski definition) is 0. The molecule has 0 saturated carbocycles. The molecule has 6 aromatic rings. The lowest BCUT2D eigenvalue weighted by atomic mass is 9.70. The number of pyridine rings is 1. The summed E-state index contributed by atoms with van der Waals surface area (Å²) in [6.07, 6.45) is 3.64. The normalized spacial score (nSPS) is 13.3. The maximum atomic E-state index is 9.88. The van der Waals surface area contributed by atoms with Crippen molar-refractivity contribution in [2.24, 2.45) is 0 Å². The molecule has 2 nitrogen and oxygen atoms in total. The molecule has 0 bridgehead atoms. The third-order valence-electron chi connectivity index (χ3n) is 8.44. The molecule has 0 aliphatic heterocycles. The zero-order chi connectivity index (χ0) is 26.8. The van der Waals surface area contributed by atoms with Crippen LogP contribution in [0.4, 0.5) is 0 Å². The number of nitrogens with zero attached hydrogens (tertiary/aromatic N) is 2. The molecule has 3 heteroatoms. The maximum absolute atomic E-state index is 9.88. The first kappa shape index (κ1) is 23.0. The van der Waals surface area contributed by atoms with E-state index in [9.17, 15) is 5.26 Å². The fourth-order valence-electron chi connectivity index (χ4n) is 6.84. The molecule has 1 aromatic heterocycles. The second-order valence-electron chi connectivity index (χ2n) is 10.4. The number of rotatable bonds is 2. The van der Waals surface area contributed by atoms with Crippen molar-refractivity contribution in [2.75, 3.05) is 0 Å². The average Bonchev–Trinajstić information content (AvgIpc) is 3.47. The summed E-state index contributed by atoms with van der Waals surface area (Å²) in [5, 5.41) is 10.6. The molecule has 2 aliphatic rings. The predicted molar refractivity (Wildman–Crippen MR) is 161 cm³/mol.